The van der Waals surface area contributed by atoms with Crippen LogP contribution in [-0.4, -0.2) is 67.6 Å². The molecule has 0 unspecified atom stereocenters. The van der Waals surface area contributed by atoms with Crippen molar-refractivity contribution >= 4 is 80.0 Å². The first-order valence-electron chi connectivity index (χ1n) is 13.4. The molecule has 2 aromatic heterocycles. The quantitative estimate of drug-likeness (QED) is 0.154. The SMILES string of the molecule is CS(=O)(=O)O.CS(=O)(=O)O.CS(=O)(=O)O.Cc1c(Nc2ccccc2)nc(N(c2ccccc2)c2nc3ccccc3s2)c(C#N)c1C. The number of nitrogens with zero attached hydrogens (tertiary/aromatic N) is 4. The Kier molecular flexibility index (Phi) is 14.1. The van der Waals surface area contributed by atoms with E-state index < -0.39 is 30.4 Å². The molecule has 0 atom stereocenters. The van der Waals surface area contributed by atoms with Gasteiger partial charge >= 0.3 is 0 Å². The molecule has 0 aliphatic carbocycles. The lowest BCUT2D eigenvalue weighted by atomic mass is 10.0. The summed E-state index contributed by atoms with van der Waals surface area (Å²) in [6.45, 7) is 3.96. The van der Waals surface area contributed by atoms with Gasteiger partial charge in [0.2, 0.25) is 0 Å². The van der Waals surface area contributed by atoms with Gasteiger partial charge in [-0.05, 0) is 61.4 Å². The lowest BCUT2D eigenvalue weighted by Crippen LogP contribution is -2.15. The number of nitriles is 1. The monoisotopic (exact) mass is 735 g/mol. The van der Waals surface area contributed by atoms with Crippen molar-refractivity contribution in [3.8, 4) is 6.07 Å². The van der Waals surface area contributed by atoms with Gasteiger partial charge < -0.3 is 5.32 Å². The van der Waals surface area contributed by atoms with Crippen LogP contribution in [0.5, 0.6) is 0 Å². The molecule has 0 bridgehead atoms. The normalized spacial score (nSPS) is 11.0. The van der Waals surface area contributed by atoms with Gasteiger partial charge in [0.05, 0.1) is 34.5 Å². The number of hydrogen-bond acceptors (Lipinski definition) is 12. The zero-order chi connectivity index (χ0) is 36.3. The van der Waals surface area contributed by atoms with E-state index in [-0.39, 0.29) is 0 Å². The third-order valence-corrected chi connectivity index (χ3v) is 6.60. The Labute approximate surface area is 283 Å². The van der Waals surface area contributed by atoms with Gasteiger partial charge in [-0.3, -0.25) is 18.6 Å². The highest BCUT2D eigenvalue weighted by atomic mass is 32.2. The molecule has 3 aromatic carbocycles. The van der Waals surface area contributed by atoms with Crippen molar-refractivity contribution in [2.45, 2.75) is 13.8 Å². The van der Waals surface area contributed by atoms with E-state index in [9.17, 15) is 30.5 Å². The standard InChI is InChI=1S/C27H21N5S.3CH4O3S/c1-18-19(2)25(29-20-11-5-3-6-12-20)31-26(22(18)17-28)32(21-13-7-4-8-14-21)27-30-23-15-9-10-16-24(23)33-27;3*1-5(2,3)4/h3-16H,1-2H3,(H,29,31);3*1H3,(H,2,3,4). The maximum atomic E-state index is 10.1. The third-order valence-electron chi connectivity index (χ3n) is 5.58. The summed E-state index contributed by atoms with van der Waals surface area (Å²) in [5.41, 5.74) is 5.13. The molecule has 18 heteroatoms. The predicted molar refractivity (Wildman–Crippen MR) is 188 cm³/mol. The maximum Gasteiger partial charge on any atom is 0.261 e. The van der Waals surface area contributed by atoms with Crippen LogP contribution in [0.15, 0.2) is 84.9 Å². The molecule has 5 aromatic rings. The Morgan fingerprint density at radius 3 is 1.65 bits per heavy atom. The fourth-order valence-electron chi connectivity index (χ4n) is 3.71. The Balaban J connectivity index is 0.000000448. The number of para-hydroxylation sites is 3. The van der Waals surface area contributed by atoms with Crippen LogP contribution in [0.4, 0.5) is 28.1 Å². The minimum atomic E-state index is -3.67. The van der Waals surface area contributed by atoms with Gasteiger partial charge in [0.15, 0.2) is 10.9 Å². The average Bonchev–Trinajstić information content (AvgIpc) is 3.38. The van der Waals surface area contributed by atoms with Crippen LogP contribution >= 0.6 is 11.3 Å². The third kappa shape index (κ3) is 14.5. The summed E-state index contributed by atoms with van der Waals surface area (Å²) in [4.78, 5) is 11.8. The highest BCUT2D eigenvalue weighted by molar-refractivity contribution is 7.85. The van der Waals surface area contributed by atoms with Crippen LogP contribution in [0.1, 0.15) is 16.7 Å². The summed E-state index contributed by atoms with van der Waals surface area (Å²) >= 11 is 1.58. The van der Waals surface area contributed by atoms with E-state index in [2.05, 4.69) is 17.5 Å². The largest absolute Gasteiger partial charge is 0.340 e. The van der Waals surface area contributed by atoms with Crippen LogP contribution < -0.4 is 10.2 Å². The molecule has 5 rings (SSSR count). The number of hydrogen-bond donors (Lipinski definition) is 4. The molecule has 14 nitrogen and oxygen atoms in total. The lowest BCUT2D eigenvalue weighted by molar-refractivity contribution is 0.488. The zero-order valence-corrected chi connectivity index (χ0v) is 29.6. The van der Waals surface area contributed by atoms with Crippen LogP contribution in [0, 0.1) is 25.2 Å². The molecular formula is C30H33N5O9S4. The van der Waals surface area contributed by atoms with Gasteiger partial charge in [-0.2, -0.15) is 30.5 Å². The fraction of sp³-hybridized carbons (Fsp3) is 0.167. The molecule has 2 heterocycles. The molecule has 0 aliphatic rings. The van der Waals surface area contributed by atoms with E-state index in [0.29, 0.717) is 30.1 Å². The second-order valence-corrected chi connectivity index (χ2v) is 15.3. The molecule has 0 saturated carbocycles. The molecule has 0 radical (unpaired) electrons. The number of thiazole rings is 1. The Morgan fingerprint density at radius 2 is 1.17 bits per heavy atom. The predicted octanol–water partition coefficient (Wildman–Crippen LogP) is 5.91. The fourth-order valence-corrected chi connectivity index (χ4v) is 4.70. The van der Waals surface area contributed by atoms with Gasteiger partial charge in [0, 0.05) is 11.4 Å². The van der Waals surface area contributed by atoms with Crippen molar-refractivity contribution in [3.63, 3.8) is 0 Å². The van der Waals surface area contributed by atoms with E-state index in [1.807, 2.05) is 97.6 Å². The van der Waals surface area contributed by atoms with E-state index >= 15 is 0 Å². The summed E-state index contributed by atoms with van der Waals surface area (Å²) in [6, 6.07) is 30.3. The van der Waals surface area contributed by atoms with E-state index in [0.717, 1.165) is 43.7 Å². The summed E-state index contributed by atoms with van der Waals surface area (Å²) in [5.74, 6) is 1.28. The first-order valence-corrected chi connectivity index (χ1v) is 19.7. The molecule has 0 amide bonds. The van der Waals surface area contributed by atoms with Crippen molar-refractivity contribution in [1.82, 2.24) is 9.97 Å². The smallest absolute Gasteiger partial charge is 0.261 e. The van der Waals surface area contributed by atoms with Crippen molar-refractivity contribution in [1.29, 1.82) is 5.26 Å². The van der Waals surface area contributed by atoms with E-state index in [1.165, 1.54) is 0 Å². The molecule has 0 fully saturated rings. The molecule has 0 spiro atoms. The van der Waals surface area contributed by atoms with Gasteiger partial charge in [-0.15, -0.1) is 0 Å². The number of anilines is 5. The molecule has 0 aliphatic heterocycles. The second-order valence-electron chi connectivity index (χ2n) is 9.85. The maximum absolute atomic E-state index is 10.1. The highest BCUT2D eigenvalue weighted by Crippen LogP contribution is 2.41. The van der Waals surface area contributed by atoms with Crippen molar-refractivity contribution in [3.05, 3.63) is 102 Å². The van der Waals surface area contributed by atoms with Gasteiger partial charge in [-0.25, -0.2) is 9.97 Å². The highest BCUT2D eigenvalue weighted by Gasteiger charge is 2.24. The topological polar surface area (TPSA) is 228 Å². The second kappa shape index (κ2) is 17.1. The molecule has 48 heavy (non-hydrogen) atoms. The molecule has 256 valence electrons. The number of benzene rings is 3. The lowest BCUT2D eigenvalue weighted by Gasteiger charge is -2.24. The summed E-state index contributed by atoms with van der Waals surface area (Å²) in [5, 5.41) is 14.3. The summed E-state index contributed by atoms with van der Waals surface area (Å²) < 4.78 is 78.7. The minimum absolute atomic E-state index is 0.536. The molecular weight excluding hydrogens is 703 g/mol. The number of rotatable bonds is 5. The van der Waals surface area contributed by atoms with Gasteiger partial charge in [0.1, 0.15) is 11.9 Å². The van der Waals surface area contributed by atoms with Gasteiger partial charge in [-0.1, -0.05) is 59.9 Å². The van der Waals surface area contributed by atoms with Crippen LogP contribution in [-0.2, 0) is 30.4 Å². The van der Waals surface area contributed by atoms with Crippen LogP contribution in [0.2, 0.25) is 0 Å². The first kappa shape index (κ1) is 39.7. The van der Waals surface area contributed by atoms with Crippen molar-refractivity contribution in [2.24, 2.45) is 0 Å². The zero-order valence-electron chi connectivity index (χ0n) is 26.3. The van der Waals surface area contributed by atoms with Crippen LogP contribution in [0.25, 0.3) is 10.2 Å². The van der Waals surface area contributed by atoms with Crippen molar-refractivity contribution < 1.29 is 38.9 Å². The number of aromatic nitrogens is 2. The first-order chi connectivity index (χ1) is 22.2. The summed E-state index contributed by atoms with van der Waals surface area (Å²) in [7, 11) is -11.0. The Bertz CT molecular complexity index is 2080. The van der Waals surface area contributed by atoms with Crippen molar-refractivity contribution in [2.75, 3.05) is 29.0 Å². The summed E-state index contributed by atoms with van der Waals surface area (Å²) in [6.07, 6.45) is 2.15. The molecule has 4 N–H and O–H groups in total. The van der Waals surface area contributed by atoms with E-state index in [4.69, 9.17) is 23.6 Å². The number of pyridine rings is 1. The molecule has 0 saturated heterocycles. The van der Waals surface area contributed by atoms with Crippen LogP contribution in [0.3, 0.4) is 0 Å². The average molecular weight is 736 g/mol. The number of fused-ring (bicyclic) bond motifs is 1. The Morgan fingerprint density at radius 1 is 0.708 bits per heavy atom. The number of nitrogens with one attached hydrogen (secondary N) is 1. The van der Waals surface area contributed by atoms with E-state index in [1.54, 1.807) is 11.3 Å². The minimum Gasteiger partial charge on any atom is -0.340 e. The van der Waals surface area contributed by atoms with Gasteiger partial charge in [0.25, 0.3) is 30.4 Å². The Hall–Kier alpha value is -4.48.